The van der Waals surface area contributed by atoms with Gasteiger partial charge >= 0.3 is 0 Å². The van der Waals surface area contributed by atoms with Crippen molar-refractivity contribution < 1.29 is 14.5 Å². The maximum absolute atomic E-state index is 13.2. The molecule has 1 aliphatic carbocycles. The smallest absolute Gasteiger partial charge is 0.270 e. The molecule has 0 atom stereocenters. The lowest BCUT2D eigenvalue weighted by Gasteiger charge is -2.38. The molecule has 1 fully saturated rings. The number of methoxy groups -OCH3 is 1. The van der Waals surface area contributed by atoms with E-state index in [-0.39, 0.29) is 23.2 Å². The summed E-state index contributed by atoms with van der Waals surface area (Å²) in [7, 11) is 1.47. The summed E-state index contributed by atoms with van der Waals surface area (Å²) in [6.45, 7) is 5.40. The number of ether oxygens (including phenoxy) is 1. The lowest BCUT2D eigenvalue weighted by atomic mass is 9.99. The van der Waals surface area contributed by atoms with E-state index in [0.29, 0.717) is 12.3 Å². The zero-order valence-electron chi connectivity index (χ0n) is 17.2. The van der Waals surface area contributed by atoms with Crippen molar-refractivity contribution in [1.29, 1.82) is 0 Å². The molecule has 1 amide bonds. The summed E-state index contributed by atoms with van der Waals surface area (Å²) < 4.78 is 5.29. The summed E-state index contributed by atoms with van der Waals surface area (Å²) >= 11 is 0. The number of rotatable bonds is 7. The molecule has 2 aliphatic rings. The molecule has 0 bridgehead atoms. The number of hydrogen-bond acceptors (Lipinski definition) is 5. The van der Waals surface area contributed by atoms with Gasteiger partial charge in [0.1, 0.15) is 5.75 Å². The van der Waals surface area contributed by atoms with Crippen LogP contribution in [0.5, 0.6) is 5.75 Å². The van der Waals surface area contributed by atoms with E-state index in [2.05, 4.69) is 23.1 Å². The number of nitro groups is 1. The van der Waals surface area contributed by atoms with Crippen LogP contribution < -0.4 is 4.74 Å². The molecule has 7 nitrogen and oxygen atoms in total. The van der Waals surface area contributed by atoms with Crippen molar-refractivity contribution >= 4 is 11.6 Å². The Balaban J connectivity index is 1.67. The normalized spacial score (nSPS) is 17.7. The van der Waals surface area contributed by atoms with E-state index in [0.717, 1.165) is 45.3 Å². The zero-order valence-corrected chi connectivity index (χ0v) is 17.2. The van der Waals surface area contributed by atoms with Crippen molar-refractivity contribution in [3.8, 4) is 5.75 Å². The fourth-order valence-corrected chi connectivity index (χ4v) is 4.15. The number of benzene rings is 1. The molecule has 1 aromatic rings. The number of piperidine rings is 1. The van der Waals surface area contributed by atoms with Gasteiger partial charge in [0.2, 0.25) is 0 Å². The van der Waals surface area contributed by atoms with Gasteiger partial charge in [-0.3, -0.25) is 19.8 Å². The van der Waals surface area contributed by atoms with E-state index in [1.807, 2.05) is 11.8 Å². The summed E-state index contributed by atoms with van der Waals surface area (Å²) in [5.41, 5.74) is 1.62. The first kappa shape index (κ1) is 21.0. The molecule has 0 unspecified atom stereocenters. The highest BCUT2D eigenvalue weighted by Crippen LogP contribution is 2.28. The van der Waals surface area contributed by atoms with Gasteiger partial charge in [0, 0.05) is 44.4 Å². The number of carbonyl (C=O) groups is 1. The fraction of sp³-hybridized carbons (Fsp3) is 0.500. The maximum atomic E-state index is 13.2. The van der Waals surface area contributed by atoms with E-state index in [1.54, 1.807) is 0 Å². The van der Waals surface area contributed by atoms with Crippen LogP contribution in [0.25, 0.3) is 0 Å². The predicted octanol–water partition coefficient (Wildman–Crippen LogP) is 3.81. The van der Waals surface area contributed by atoms with Gasteiger partial charge in [0.25, 0.3) is 11.6 Å². The highest BCUT2D eigenvalue weighted by molar-refractivity contribution is 5.97. The second-order valence-corrected chi connectivity index (χ2v) is 7.51. The van der Waals surface area contributed by atoms with Crippen molar-refractivity contribution in [2.45, 2.75) is 38.6 Å². The van der Waals surface area contributed by atoms with Crippen LogP contribution in [0.2, 0.25) is 0 Å². The zero-order chi connectivity index (χ0) is 20.8. The van der Waals surface area contributed by atoms with Crippen LogP contribution in [0, 0.1) is 10.1 Å². The number of allylic oxidation sites excluding steroid dienone is 3. The van der Waals surface area contributed by atoms with E-state index >= 15 is 0 Å². The molecule has 0 radical (unpaired) electrons. The maximum Gasteiger partial charge on any atom is 0.270 e. The second kappa shape index (κ2) is 9.69. The molecule has 29 heavy (non-hydrogen) atoms. The topological polar surface area (TPSA) is 75.9 Å². The number of non-ortho nitro benzene ring substituents is 1. The minimum atomic E-state index is -0.486. The molecule has 1 aromatic carbocycles. The third-order valence-corrected chi connectivity index (χ3v) is 5.74. The molecule has 1 aliphatic heterocycles. The van der Waals surface area contributed by atoms with Crippen molar-refractivity contribution in [1.82, 2.24) is 9.80 Å². The molecule has 0 aromatic heterocycles. The molecule has 156 valence electrons. The van der Waals surface area contributed by atoms with Crippen molar-refractivity contribution in [3.05, 3.63) is 57.7 Å². The fourth-order valence-electron chi connectivity index (χ4n) is 4.15. The Morgan fingerprint density at radius 2 is 2.07 bits per heavy atom. The molecule has 1 heterocycles. The summed E-state index contributed by atoms with van der Waals surface area (Å²) in [6.07, 6.45) is 10.6. The van der Waals surface area contributed by atoms with Gasteiger partial charge in [-0.25, -0.2) is 0 Å². The number of nitrogens with zero attached hydrogens (tertiary/aromatic N) is 3. The summed E-state index contributed by atoms with van der Waals surface area (Å²) in [6, 6.07) is 4.31. The van der Waals surface area contributed by atoms with Crippen molar-refractivity contribution in [2.24, 2.45) is 0 Å². The lowest BCUT2D eigenvalue weighted by molar-refractivity contribution is -0.384. The predicted molar refractivity (Wildman–Crippen MR) is 112 cm³/mol. The van der Waals surface area contributed by atoms with Crippen LogP contribution in [0.15, 0.2) is 42.0 Å². The summed E-state index contributed by atoms with van der Waals surface area (Å²) in [5, 5.41) is 11.1. The molecule has 1 saturated heterocycles. The van der Waals surface area contributed by atoms with Crippen LogP contribution >= 0.6 is 0 Å². The minimum Gasteiger partial charge on any atom is -0.496 e. The SMILES string of the molecule is CCN(C(=O)c1cc([N+](=O)[O-])ccc1OC)C1CCN(CC2=CCC=CC2)CC1. The Bertz CT molecular complexity index is 810. The Hall–Kier alpha value is -2.67. The molecule has 0 N–H and O–H groups in total. The quantitative estimate of drug-likeness (QED) is 0.396. The number of hydrogen-bond donors (Lipinski definition) is 0. The number of carbonyl (C=O) groups excluding carboxylic acids is 1. The Morgan fingerprint density at radius 1 is 1.31 bits per heavy atom. The van der Waals surface area contributed by atoms with Crippen LogP contribution in [-0.4, -0.2) is 60.0 Å². The van der Waals surface area contributed by atoms with Crippen LogP contribution in [0.1, 0.15) is 43.0 Å². The van der Waals surface area contributed by atoms with Crippen molar-refractivity contribution in [3.63, 3.8) is 0 Å². The van der Waals surface area contributed by atoms with Gasteiger partial charge in [-0.05, 0) is 38.7 Å². The molecule has 0 saturated carbocycles. The third-order valence-electron chi connectivity index (χ3n) is 5.74. The molecule has 3 rings (SSSR count). The Kier molecular flexibility index (Phi) is 7.04. The Morgan fingerprint density at radius 3 is 2.66 bits per heavy atom. The molecule has 0 spiro atoms. The van der Waals surface area contributed by atoms with E-state index in [4.69, 9.17) is 4.74 Å². The first-order chi connectivity index (χ1) is 14.0. The van der Waals surface area contributed by atoms with Gasteiger partial charge < -0.3 is 9.64 Å². The van der Waals surface area contributed by atoms with Gasteiger partial charge in [-0.2, -0.15) is 0 Å². The van der Waals surface area contributed by atoms with E-state index in [1.165, 1.54) is 30.9 Å². The molecule has 7 heteroatoms. The average Bonchev–Trinajstić information content (AvgIpc) is 2.75. The van der Waals surface area contributed by atoms with Crippen LogP contribution in [-0.2, 0) is 0 Å². The summed E-state index contributed by atoms with van der Waals surface area (Å²) in [4.78, 5) is 28.2. The number of nitro benzene ring substituents is 1. The average molecular weight is 399 g/mol. The van der Waals surface area contributed by atoms with Gasteiger partial charge in [-0.15, -0.1) is 0 Å². The number of amides is 1. The van der Waals surface area contributed by atoms with Crippen LogP contribution in [0.3, 0.4) is 0 Å². The summed E-state index contributed by atoms with van der Waals surface area (Å²) in [5.74, 6) is 0.167. The highest BCUT2D eigenvalue weighted by atomic mass is 16.6. The first-order valence-corrected chi connectivity index (χ1v) is 10.2. The molecular formula is C22H29N3O4. The second-order valence-electron chi connectivity index (χ2n) is 7.51. The minimum absolute atomic E-state index is 0.102. The lowest BCUT2D eigenvalue weighted by Crippen LogP contribution is -2.47. The highest BCUT2D eigenvalue weighted by Gasteiger charge is 2.30. The third kappa shape index (κ3) is 5.03. The van der Waals surface area contributed by atoms with E-state index in [9.17, 15) is 14.9 Å². The number of likely N-dealkylation sites (tertiary alicyclic amines) is 1. The van der Waals surface area contributed by atoms with Crippen LogP contribution in [0.4, 0.5) is 5.69 Å². The van der Waals surface area contributed by atoms with Gasteiger partial charge in [0.05, 0.1) is 17.6 Å². The van der Waals surface area contributed by atoms with Crippen molar-refractivity contribution in [2.75, 3.05) is 33.3 Å². The van der Waals surface area contributed by atoms with Gasteiger partial charge in [-0.1, -0.05) is 23.8 Å². The Labute approximate surface area is 171 Å². The standard InChI is InChI=1S/C22H29N3O4/c1-3-24(22(26)20-15-19(25(27)28)9-10-21(20)29-2)18-11-13-23(14-12-18)16-17-7-5-4-6-8-17/h4-5,8-10,15,18H,3,6-7,11-14,16H2,1-2H3. The largest absolute Gasteiger partial charge is 0.496 e. The first-order valence-electron chi connectivity index (χ1n) is 10.2. The van der Waals surface area contributed by atoms with E-state index < -0.39 is 4.92 Å². The molecular weight excluding hydrogens is 370 g/mol. The monoisotopic (exact) mass is 399 g/mol. The van der Waals surface area contributed by atoms with Gasteiger partial charge in [0.15, 0.2) is 0 Å².